The number of aromatic nitrogens is 2. The smallest absolute Gasteiger partial charge is 0.0890 e. The zero-order valence-electron chi connectivity index (χ0n) is 10.5. The molecule has 3 rings (SSSR count). The molecule has 0 aliphatic rings. The van der Waals surface area contributed by atoms with Gasteiger partial charge < -0.3 is 5.32 Å². The maximum atomic E-state index is 6.11. The second-order valence-electron chi connectivity index (χ2n) is 4.30. The highest BCUT2D eigenvalue weighted by Gasteiger charge is 2.05. The third kappa shape index (κ3) is 2.69. The molecule has 0 fully saturated rings. The van der Waals surface area contributed by atoms with Crippen LogP contribution in [0.4, 0.5) is 5.69 Å². The number of nitrogens with one attached hydrogen (secondary N) is 1. The number of halogens is 2. The average molecular weight is 304 g/mol. The van der Waals surface area contributed by atoms with Crippen LogP contribution in [0.5, 0.6) is 0 Å². The molecule has 1 heterocycles. The maximum absolute atomic E-state index is 6.11. The maximum Gasteiger partial charge on any atom is 0.0890 e. The number of hydrogen-bond donors (Lipinski definition) is 1. The fourth-order valence-electron chi connectivity index (χ4n) is 1.93. The lowest BCUT2D eigenvalue weighted by molar-refractivity contribution is 1.04. The predicted octanol–water partition coefficient (Wildman–Crippen LogP) is 4.55. The van der Waals surface area contributed by atoms with Gasteiger partial charge in [0.1, 0.15) is 0 Å². The third-order valence-electron chi connectivity index (χ3n) is 2.91. The minimum Gasteiger partial charge on any atom is -0.377 e. The van der Waals surface area contributed by atoms with E-state index in [-0.39, 0.29) is 0 Å². The van der Waals surface area contributed by atoms with Crippen molar-refractivity contribution in [2.24, 2.45) is 0 Å². The van der Waals surface area contributed by atoms with E-state index in [1.165, 1.54) is 0 Å². The van der Waals surface area contributed by atoms with Gasteiger partial charge in [-0.25, -0.2) is 4.98 Å². The number of fused-ring (bicyclic) bond motifs is 1. The van der Waals surface area contributed by atoms with Crippen LogP contribution in [0, 0.1) is 0 Å². The lowest BCUT2D eigenvalue weighted by Crippen LogP contribution is -2.03. The Kier molecular flexibility index (Phi) is 3.72. The number of benzene rings is 2. The molecule has 0 unspecified atom stereocenters. The van der Waals surface area contributed by atoms with Gasteiger partial charge in [-0.1, -0.05) is 41.4 Å². The van der Waals surface area contributed by atoms with Gasteiger partial charge in [-0.2, -0.15) is 0 Å². The van der Waals surface area contributed by atoms with Crippen molar-refractivity contribution in [3.8, 4) is 0 Å². The van der Waals surface area contributed by atoms with E-state index < -0.39 is 0 Å². The Morgan fingerprint density at radius 2 is 1.60 bits per heavy atom. The van der Waals surface area contributed by atoms with Crippen molar-refractivity contribution in [1.29, 1.82) is 0 Å². The van der Waals surface area contributed by atoms with E-state index in [1.54, 1.807) is 18.3 Å². The monoisotopic (exact) mass is 303 g/mol. The first-order valence-electron chi connectivity index (χ1n) is 6.12. The Bertz CT molecular complexity index is 739. The zero-order valence-corrected chi connectivity index (χ0v) is 12.0. The predicted molar refractivity (Wildman–Crippen MR) is 83.3 cm³/mol. The van der Waals surface area contributed by atoms with Crippen molar-refractivity contribution in [2.45, 2.75) is 6.54 Å². The van der Waals surface area contributed by atoms with Crippen LogP contribution in [0.1, 0.15) is 5.69 Å². The fourth-order valence-corrected chi connectivity index (χ4v) is 2.46. The Hall–Kier alpha value is -1.84. The van der Waals surface area contributed by atoms with Gasteiger partial charge in [0.25, 0.3) is 0 Å². The molecule has 0 aliphatic heterocycles. The van der Waals surface area contributed by atoms with Crippen LogP contribution in [-0.4, -0.2) is 9.97 Å². The first-order valence-corrected chi connectivity index (χ1v) is 6.88. The van der Waals surface area contributed by atoms with E-state index in [4.69, 9.17) is 23.2 Å². The Balaban J connectivity index is 1.83. The molecule has 0 radical (unpaired) electrons. The fraction of sp³-hybridized carbons (Fsp3) is 0.0667. The molecule has 1 N–H and O–H groups in total. The molecule has 0 saturated carbocycles. The van der Waals surface area contributed by atoms with Gasteiger partial charge in [0.05, 0.1) is 45.2 Å². The average Bonchev–Trinajstić information content (AvgIpc) is 2.46. The zero-order chi connectivity index (χ0) is 13.9. The summed E-state index contributed by atoms with van der Waals surface area (Å²) in [6, 6.07) is 13.2. The van der Waals surface area contributed by atoms with E-state index in [0.29, 0.717) is 22.3 Å². The van der Waals surface area contributed by atoms with E-state index >= 15 is 0 Å². The summed E-state index contributed by atoms with van der Waals surface area (Å²) < 4.78 is 0. The van der Waals surface area contributed by atoms with Crippen molar-refractivity contribution in [1.82, 2.24) is 9.97 Å². The molecular weight excluding hydrogens is 293 g/mol. The highest BCUT2D eigenvalue weighted by Crippen LogP contribution is 2.30. The van der Waals surface area contributed by atoms with Crippen molar-refractivity contribution in [3.05, 3.63) is 64.4 Å². The quantitative estimate of drug-likeness (QED) is 0.771. The summed E-state index contributed by atoms with van der Waals surface area (Å²) in [5.41, 5.74) is 3.30. The van der Waals surface area contributed by atoms with Crippen LogP contribution in [0.2, 0.25) is 10.0 Å². The van der Waals surface area contributed by atoms with E-state index in [1.807, 2.05) is 30.3 Å². The van der Waals surface area contributed by atoms with Gasteiger partial charge in [0.15, 0.2) is 0 Å². The molecule has 0 saturated heterocycles. The van der Waals surface area contributed by atoms with Gasteiger partial charge >= 0.3 is 0 Å². The summed E-state index contributed by atoms with van der Waals surface area (Å²) in [5, 5.41) is 4.37. The molecular formula is C15H11Cl2N3. The summed E-state index contributed by atoms with van der Waals surface area (Å²) >= 11 is 12.2. The Labute approximate surface area is 126 Å². The van der Waals surface area contributed by atoms with E-state index in [2.05, 4.69) is 15.3 Å². The molecule has 0 spiro atoms. The van der Waals surface area contributed by atoms with Crippen molar-refractivity contribution < 1.29 is 0 Å². The van der Waals surface area contributed by atoms with Crippen molar-refractivity contribution in [2.75, 3.05) is 5.32 Å². The number of anilines is 1. The first-order chi connectivity index (χ1) is 9.74. The Morgan fingerprint density at radius 1 is 0.900 bits per heavy atom. The molecule has 100 valence electrons. The van der Waals surface area contributed by atoms with Crippen molar-refractivity contribution >= 4 is 39.9 Å². The SMILES string of the molecule is Clc1cccc(Cl)c1NCc1cnc2ccccc2n1. The molecule has 0 bridgehead atoms. The topological polar surface area (TPSA) is 37.8 Å². The highest BCUT2D eigenvalue weighted by atomic mass is 35.5. The second-order valence-corrected chi connectivity index (χ2v) is 5.11. The van der Waals surface area contributed by atoms with Gasteiger partial charge in [-0.15, -0.1) is 0 Å². The summed E-state index contributed by atoms with van der Waals surface area (Å²) in [4.78, 5) is 8.91. The van der Waals surface area contributed by atoms with Gasteiger partial charge in [0.2, 0.25) is 0 Å². The van der Waals surface area contributed by atoms with Crippen LogP contribution in [0.3, 0.4) is 0 Å². The molecule has 2 aromatic carbocycles. The lowest BCUT2D eigenvalue weighted by Gasteiger charge is -2.10. The van der Waals surface area contributed by atoms with Crippen molar-refractivity contribution in [3.63, 3.8) is 0 Å². The van der Waals surface area contributed by atoms with Gasteiger partial charge in [0, 0.05) is 0 Å². The summed E-state index contributed by atoms with van der Waals surface area (Å²) in [6.07, 6.45) is 1.75. The van der Waals surface area contributed by atoms with E-state index in [9.17, 15) is 0 Å². The molecule has 3 aromatic rings. The molecule has 5 heteroatoms. The normalized spacial score (nSPS) is 10.7. The highest BCUT2D eigenvalue weighted by molar-refractivity contribution is 6.39. The summed E-state index contributed by atoms with van der Waals surface area (Å²) in [6.45, 7) is 0.515. The summed E-state index contributed by atoms with van der Waals surface area (Å²) in [5.74, 6) is 0. The second kappa shape index (κ2) is 5.65. The number of nitrogens with zero attached hydrogens (tertiary/aromatic N) is 2. The van der Waals surface area contributed by atoms with Gasteiger partial charge in [-0.3, -0.25) is 4.98 Å². The number of para-hydroxylation sites is 3. The molecule has 0 amide bonds. The molecule has 0 aliphatic carbocycles. The van der Waals surface area contributed by atoms with Crippen LogP contribution < -0.4 is 5.32 Å². The minimum atomic E-state index is 0.515. The molecule has 3 nitrogen and oxygen atoms in total. The lowest BCUT2D eigenvalue weighted by atomic mass is 10.3. The molecule has 0 atom stereocenters. The third-order valence-corrected chi connectivity index (χ3v) is 3.54. The van der Waals surface area contributed by atoms with Crippen LogP contribution in [0.15, 0.2) is 48.7 Å². The minimum absolute atomic E-state index is 0.515. The van der Waals surface area contributed by atoms with E-state index in [0.717, 1.165) is 16.7 Å². The van der Waals surface area contributed by atoms with Crippen LogP contribution in [-0.2, 0) is 6.54 Å². The van der Waals surface area contributed by atoms with Crippen LogP contribution in [0.25, 0.3) is 11.0 Å². The number of rotatable bonds is 3. The van der Waals surface area contributed by atoms with Crippen LogP contribution >= 0.6 is 23.2 Å². The number of hydrogen-bond acceptors (Lipinski definition) is 3. The standard InChI is InChI=1S/C15H11Cl2N3/c16-11-4-3-5-12(17)15(11)19-9-10-8-18-13-6-1-2-7-14(13)20-10/h1-8,19H,9H2. The largest absolute Gasteiger partial charge is 0.377 e. The summed E-state index contributed by atoms with van der Waals surface area (Å²) in [7, 11) is 0. The Morgan fingerprint density at radius 3 is 2.35 bits per heavy atom. The van der Waals surface area contributed by atoms with Gasteiger partial charge in [-0.05, 0) is 24.3 Å². The molecule has 1 aromatic heterocycles. The first kappa shape index (κ1) is 13.2. The molecule has 20 heavy (non-hydrogen) atoms.